The van der Waals surface area contributed by atoms with Gasteiger partial charge in [0.1, 0.15) is 5.56 Å². The molecular weight excluding hydrogens is 206 g/mol. The lowest BCUT2D eigenvalue weighted by atomic mass is 10.1. The van der Waals surface area contributed by atoms with E-state index < -0.39 is 5.97 Å². The van der Waals surface area contributed by atoms with E-state index in [0.29, 0.717) is 18.1 Å². The standard InChI is InChI=1S/C12H15NO3/c1-7-5-8(2)13-11(10(7)12(14)15)16-6-9-3-4-9/h5,9H,3-4,6H2,1-2H3,(H,14,15). The van der Waals surface area contributed by atoms with Crippen LogP contribution in [0.3, 0.4) is 0 Å². The molecule has 0 atom stereocenters. The average Bonchev–Trinajstić information content (AvgIpc) is 2.95. The van der Waals surface area contributed by atoms with E-state index >= 15 is 0 Å². The van der Waals surface area contributed by atoms with Crippen molar-refractivity contribution < 1.29 is 14.6 Å². The predicted octanol–water partition coefficient (Wildman–Crippen LogP) is 2.19. The van der Waals surface area contributed by atoms with E-state index in [-0.39, 0.29) is 11.4 Å². The molecule has 0 bridgehead atoms. The fourth-order valence-electron chi connectivity index (χ4n) is 1.65. The monoisotopic (exact) mass is 221 g/mol. The summed E-state index contributed by atoms with van der Waals surface area (Å²) in [5.41, 5.74) is 1.67. The summed E-state index contributed by atoms with van der Waals surface area (Å²) in [5.74, 6) is -0.128. The van der Waals surface area contributed by atoms with E-state index in [1.54, 1.807) is 13.0 Å². The minimum Gasteiger partial charge on any atom is -0.477 e. The molecule has 1 N–H and O–H groups in total. The maximum Gasteiger partial charge on any atom is 0.341 e. The van der Waals surface area contributed by atoms with E-state index in [1.807, 2.05) is 6.92 Å². The Kier molecular flexibility index (Phi) is 2.81. The van der Waals surface area contributed by atoms with Crippen molar-refractivity contribution in [2.24, 2.45) is 5.92 Å². The zero-order valence-corrected chi connectivity index (χ0v) is 9.49. The summed E-state index contributed by atoms with van der Waals surface area (Å²) in [6.45, 7) is 4.18. The third-order valence-corrected chi connectivity index (χ3v) is 2.68. The van der Waals surface area contributed by atoms with E-state index in [4.69, 9.17) is 9.84 Å². The minimum atomic E-state index is -0.976. The van der Waals surface area contributed by atoms with Gasteiger partial charge in [0.15, 0.2) is 0 Å². The van der Waals surface area contributed by atoms with Crippen LogP contribution in [0.25, 0.3) is 0 Å². The first-order valence-electron chi connectivity index (χ1n) is 5.42. The number of aryl methyl sites for hydroxylation is 2. The SMILES string of the molecule is Cc1cc(C)c(C(=O)O)c(OCC2CC2)n1. The highest BCUT2D eigenvalue weighted by Gasteiger charge is 2.24. The van der Waals surface area contributed by atoms with Crippen LogP contribution >= 0.6 is 0 Å². The molecule has 86 valence electrons. The fraction of sp³-hybridized carbons (Fsp3) is 0.500. The summed E-state index contributed by atoms with van der Waals surface area (Å²) in [6.07, 6.45) is 2.35. The maximum atomic E-state index is 11.1. The molecule has 1 aliphatic rings. The topological polar surface area (TPSA) is 59.4 Å². The molecule has 0 aromatic carbocycles. The molecule has 1 saturated carbocycles. The molecule has 1 fully saturated rings. The predicted molar refractivity (Wildman–Crippen MR) is 58.9 cm³/mol. The van der Waals surface area contributed by atoms with Gasteiger partial charge in [0.2, 0.25) is 5.88 Å². The number of pyridine rings is 1. The number of carbonyl (C=O) groups is 1. The zero-order valence-electron chi connectivity index (χ0n) is 9.49. The van der Waals surface area contributed by atoms with Crippen molar-refractivity contribution in [2.75, 3.05) is 6.61 Å². The Labute approximate surface area is 94.3 Å². The van der Waals surface area contributed by atoms with Crippen LogP contribution in [0, 0.1) is 19.8 Å². The van der Waals surface area contributed by atoms with Gasteiger partial charge in [-0.2, -0.15) is 0 Å². The van der Waals surface area contributed by atoms with E-state index in [2.05, 4.69) is 4.98 Å². The molecular formula is C12H15NO3. The summed E-state index contributed by atoms with van der Waals surface area (Å²) in [5, 5.41) is 9.10. The Balaban J connectivity index is 2.27. The van der Waals surface area contributed by atoms with Crippen LogP contribution in [-0.4, -0.2) is 22.7 Å². The molecule has 4 nitrogen and oxygen atoms in total. The Morgan fingerprint density at radius 2 is 2.25 bits per heavy atom. The second-order valence-corrected chi connectivity index (χ2v) is 4.32. The van der Waals surface area contributed by atoms with Gasteiger partial charge in [-0.15, -0.1) is 0 Å². The van der Waals surface area contributed by atoms with E-state index in [0.717, 1.165) is 5.69 Å². The van der Waals surface area contributed by atoms with Gasteiger partial charge in [-0.1, -0.05) is 0 Å². The second-order valence-electron chi connectivity index (χ2n) is 4.32. The van der Waals surface area contributed by atoms with Crippen molar-refractivity contribution in [3.8, 4) is 5.88 Å². The second kappa shape index (κ2) is 4.12. The smallest absolute Gasteiger partial charge is 0.341 e. The van der Waals surface area contributed by atoms with Crippen molar-refractivity contribution in [2.45, 2.75) is 26.7 Å². The molecule has 0 aliphatic heterocycles. The maximum absolute atomic E-state index is 11.1. The number of ether oxygens (including phenoxy) is 1. The summed E-state index contributed by atoms with van der Waals surface area (Å²) in [4.78, 5) is 15.2. The first-order chi connectivity index (χ1) is 7.58. The molecule has 1 aliphatic carbocycles. The van der Waals surface area contributed by atoms with Gasteiger partial charge in [0.25, 0.3) is 0 Å². The molecule has 2 rings (SSSR count). The largest absolute Gasteiger partial charge is 0.477 e. The number of hydrogen-bond donors (Lipinski definition) is 1. The summed E-state index contributed by atoms with van der Waals surface area (Å²) < 4.78 is 5.49. The van der Waals surface area contributed by atoms with Crippen LogP contribution < -0.4 is 4.74 Å². The molecule has 4 heteroatoms. The quantitative estimate of drug-likeness (QED) is 0.846. The van der Waals surface area contributed by atoms with Crippen molar-refractivity contribution in [1.29, 1.82) is 0 Å². The van der Waals surface area contributed by atoms with Crippen LogP contribution in [0.2, 0.25) is 0 Å². The molecule has 0 unspecified atom stereocenters. The number of nitrogens with zero attached hydrogens (tertiary/aromatic N) is 1. The molecule has 0 spiro atoms. The average molecular weight is 221 g/mol. The first kappa shape index (κ1) is 10.9. The highest BCUT2D eigenvalue weighted by Crippen LogP contribution is 2.30. The van der Waals surface area contributed by atoms with Crippen LogP contribution in [0.4, 0.5) is 0 Å². The lowest BCUT2D eigenvalue weighted by Gasteiger charge is -2.10. The molecule has 1 aromatic heterocycles. The third kappa shape index (κ3) is 2.32. The Hall–Kier alpha value is -1.58. The molecule has 1 heterocycles. The van der Waals surface area contributed by atoms with Gasteiger partial charge in [-0.05, 0) is 44.2 Å². The lowest BCUT2D eigenvalue weighted by molar-refractivity contribution is 0.0690. The van der Waals surface area contributed by atoms with Crippen molar-refractivity contribution >= 4 is 5.97 Å². The zero-order chi connectivity index (χ0) is 11.7. The Morgan fingerprint density at radius 1 is 1.56 bits per heavy atom. The molecule has 0 radical (unpaired) electrons. The van der Waals surface area contributed by atoms with Crippen molar-refractivity contribution in [1.82, 2.24) is 4.98 Å². The molecule has 0 amide bonds. The van der Waals surface area contributed by atoms with Gasteiger partial charge >= 0.3 is 5.97 Å². The third-order valence-electron chi connectivity index (χ3n) is 2.68. The van der Waals surface area contributed by atoms with Gasteiger partial charge in [-0.25, -0.2) is 9.78 Å². The number of hydrogen-bond acceptors (Lipinski definition) is 3. The van der Waals surface area contributed by atoms with E-state index in [9.17, 15) is 4.79 Å². The number of aromatic carboxylic acids is 1. The molecule has 16 heavy (non-hydrogen) atoms. The number of rotatable bonds is 4. The summed E-state index contributed by atoms with van der Waals surface area (Å²) >= 11 is 0. The molecule has 0 saturated heterocycles. The Morgan fingerprint density at radius 3 is 2.81 bits per heavy atom. The van der Waals surface area contributed by atoms with Gasteiger partial charge in [0.05, 0.1) is 6.61 Å². The first-order valence-corrected chi connectivity index (χ1v) is 5.42. The highest BCUT2D eigenvalue weighted by molar-refractivity contribution is 5.91. The van der Waals surface area contributed by atoms with Gasteiger partial charge < -0.3 is 9.84 Å². The fourth-order valence-corrected chi connectivity index (χ4v) is 1.65. The number of carboxylic acid groups (broad SMARTS) is 1. The van der Waals surface area contributed by atoms with Crippen molar-refractivity contribution in [3.63, 3.8) is 0 Å². The number of carboxylic acids is 1. The van der Waals surface area contributed by atoms with Gasteiger partial charge in [-0.3, -0.25) is 0 Å². The Bertz CT molecular complexity index is 425. The van der Waals surface area contributed by atoms with E-state index in [1.165, 1.54) is 12.8 Å². The van der Waals surface area contributed by atoms with Gasteiger partial charge in [0, 0.05) is 5.69 Å². The van der Waals surface area contributed by atoms with Crippen LogP contribution in [0.1, 0.15) is 34.5 Å². The lowest BCUT2D eigenvalue weighted by Crippen LogP contribution is -2.10. The number of aromatic nitrogens is 1. The molecule has 1 aromatic rings. The minimum absolute atomic E-state index is 0.186. The summed E-state index contributed by atoms with van der Waals surface area (Å²) in [7, 11) is 0. The van der Waals surface area contributed by atoms with Crippen molar-refractivity contribution in [3.05, 3.63) is 22.9 Å². The van der Waals surface area contributed by atoms with Crippen LogP contribution in [0.5, 0.6) is 5.88 Å². The van der Waals surface area contributed by atoms with Crippen LogP contribution in [0.15, 0.2) is 6.07 Å². The highest BCUT2D eigenvalue weighted by atomic mass is 16.5. The summed E-state index contributed by atoms with van der Waals surface area (Å²) in [6, 6.07) is 1.76. The normalized spacial score (nSPS) is 14.9. The van der Waals surface area contributed by atoms with Crippen LogP contribution in [-0.2, 0) is 0 Å².